The molecule has 6 N–H and O–H groups in total. The number of carbonyl (C=O) groups excluding carboxylic acids is 1. The van der Waals surface area contributed by atoms with E-state index >= 15 is 0 Å². The first-order valence-corrected chi connectivity index (χ1v) is 9.16. The molecule has 0 aromatic rings. The van der Waals surface area contributed by atoms with E-state index in [-0.39, 0.29) is 12.0 Å². The van der Waals surface area contributed by atoms with Crippen molar-refractivity contribution in [3.63, 3.8) is 0 Å². The number of carbonyl (C=O) groups is 1. The van der Waals surface area contributed by atoms with Crippen LogP contribution in [0.25, 0.3) is 0 Å². The van der Waals surface area contributed by atoms with Crippen LogP contribution in [0.4, 0.5) is 0 Å². The second-order valence-electron chi connectivity index (χ2n) is 7.13. The van der Waals surface area contributed by atoms with Gasteiger partial charge in [0.2, 0.25) is 6.29 Å². The van der Waals surface area contributed by atoms with Gasteiger partial charge in [-0.05, 0) is 0 Å². The minimum absolute atomic E-state index is 0.00000144. The largest absolute Gasteiger partial charge is 0.471 e. The third kappa shape index (κ3) is 4.26. The summed E-state index contributed by atoms with van der Waals surface area (Å²) in [7, 11) is 1.19. The minimum atomic E-state index is -1.66. The number of fused-ring (bicyclic) bond motifs is 1. The molecule has 3 aliphatic rings. The first-order valence-electron chi connectivity index (χ1n) is 9.16. The summed E-state index contributed by atoms with van der Waals surface area (Å²) in [5.74, 6) is -2.14. The molecule has 29 heavy (non-hydrogen) atoms. The highest BCUT2D eigenvalue weighted by Crippen LogP contribution is 2.42. The zero-order valence-corrected chi connectivity index (χ0v) is 15.6. The molecule has 0 unspecified atom stereocenters. The van der Waals surface area contributed by atoms with E-state index in [1.54, 1.807) is 0 Å². The second kappa shape index (κ2) is 9.20. The van der Waals surface area contributed by atoms with Crippen LogP contribution >= 0.6 is 0 Å². The number of ether oxygens (including phenoxy) is 5. The molecule has 12 heteroatoms. The standard InChI is InChI=1S/C17H26O12/c1-25-15(24)7-5-26-16(11-6(7)2-10(20)27-8(11)3-18)29-17-14(23)13(22)12(21)9(4-19)28-17/h5-6,8-14,16-23H,2-4H2,1H3/t6-,8+,9-,10-,11+,12-,13+,14-,16+,17+/m1/s1. The van der Waals surface area contributed by atoms with Gasteiger partial charge in [-0.1, -0.05) is 0 Å². The first kappa shape index (κ1) is 22.3. The van der Waals surface area contributed by atoms with Gasteiger partial charge in [0.15, 0.2) is 12.6 Å². The Morgan fingerprint density at radius 1 is 1.03 bits per heavy atom. The fourth-order valence-electron chi connectivity index (χ4n) is 3.92. The fraction of sp³-hybridized carbons (Fsp3) is 0.824. The van der Waals surface area contributed by atoms with Crippen molar-refractivity contribution in [2.24, 2.45) is 11.8 Å². The van der Waals surface area contributed by atoms with Gasteiger partial charge in [0.25, 0.3) is 0 Å². The van der Waals surface area contributed by atoms with E-state index in [4.69, 9.17) is 23.7 Å². The van der Waals surface area contributed by atoms with E-state index in [0.717, 1.165) is 6.26 Å². The molecule has 0 aliphatic carbocycles. The molecule has 3 heterocycles. The van der Waals surface area contributed by atoms with Crippen molar-refractivity contribution < 1.29 is 59.1 Å². The molecule has 3 rings (SSSR count). The summed E-state index contributed by atoms with van der Waals surface area (Å²) in [6.07, 6.45) is -9.87. The lowest BCUT2D eigenvalue weighted by Crippen LogP contribution is -2.61. The summed E-state index contributed by atoms with van der Waals surface area (Å²) in [4.78, 5) is 12.1. The van der Waals surface area contributed by atoms with Crippen LogP contribution in [-0.2, 0) is 28.5 Å². The Labute approximate surface area is 165 Å². The Morgan fingerprint density at radius 2 is 1.72 bits per heavy atom. The topological polar surface area (TPSA) is 185 Å². The molecule has 0 amide bonds. The maximum Gasteiger partial charge on any atom is 0.337 e. The van der Waals surface area contributed by atoms with E-state index in [0.29, 0.717) is 0 Å². The molecule has 0 radical (unpaired) electrons. The van der Waals surface area contributed by atoms with Crippen LogP contribution in [0.15, 0.2) is 11.8 Å². The number of methoxy groups -OCH3 is 1. The van der Waals surface area contributed by atoms with Crippen LogP contribution in [0.2, 0.25) is 0 Å². The van der Waals surface area contributed by atoms with Gasteiger partial charge < -0.3 is 54.3 Å². The summed E-state index contributed by atoms with van der Waals surface area (Å²) >= 11 is 0. The maximum absolute atomic E-state index is 12.1. The zero-order valence-electron chi connectivity index (χ0n) is 15.6. The highest BCUT2D eigenvalue weighted by atomic mass is 16.8. The minimum Gasteiger partial charge on any atom is -0.471 e. The van der Waals surface area contributed by atoms with Gasteiger partial charge in [-0.2, -0.15) is 0 Å². The summed E-state index contributed by atoms with van der Waals surface area (Å²) in [5, 5.41) is 58.9. The molecule has 0 saturated carbocycles. The lowest BCUT2D eigenvalue weighted by Gasteiger charge is -2.47. The Kier molecular flexibility index (Phi) is 7.09. The summed E-state index contributed by atoms with van der Waals surface area (Å²) < 4.78 is 26.5. The Hall–Kier alpha value is -1.35. The summed E-state index contributed by atoms with van der Waals surface area (Å²) in [6, 6.07) is 0. The summed E-state index contributed by atoms with van der Waals surface area (Å²) in [5.41, 5.74) is 0.118. The summed E-state index contributed by atoms with van der Waals surface area (Å²) in [6.45, 7) is -1.16. The molecule has 166 valence electrons. The van der Waals surface area contributed by atoms with Crippen molar-refractivity contribution in [1.82, 2.24) is 0 Å². The van der Waals surface area contributed by atoms with E-state index in [1.165, 1.54) is 7.11 Å². The SMILES string of the molecule is COC(=O)C1=CO[C@@H](O[C@@H]2O[C@H](CO)[C@@H](O)[C@H](O)[C@H]2O)[C@@H]2[C@H](CO)O[C@@H](O)C[C@H]12. The van der Waals surface area contributed by atoms with Crippen LogP contribution in [-0.4, -0.2) is 106 Å². The fourth-order valence-corrected chi connectivity index (χ4v) is 3.92. The van der Waals surface area contributed by atoms with Crippen molar-refractivity contribution >= 4 is 5.97 Å². The smallest absolute Gasteiger partial charge is 0.337 e. The lowest BCUT2D eigenvalue weighted by atomic mass is 9.76. The average Bonchev–Trinajstić information content (AvgIpc) is 2.72. The van der Waals surface area contributed by atoms with E-state index in [9.17, 15) is 35.4 Å². The van der Waals surface area contributed by atoms with Crippen molar-refractivity contribution in [3.05, 3.63) is 11.8 Å². The van der Waals surface area contributed by atoms with Crippen LogP contribution in [0.1, 0.15) is 6.42 Å². The second-order valence-corrected chi connectivity index (χ2v) is 7.13. The third-order valence-corrected chi connectivity index (χ3v) is 5.44. The highest BCUT2D eigenvalue weighted by Gasteiger charge is 2.52. The monoisotopic (exact) mass is 422 g/mol. The van der Waals surface area contributed by atoms with Crippen LogP contribution in [0.5, 0.6) is 0 Å². The van der Waals surface area contributed by atoms with Crippen LogP contribution in [0.3, 0.4) is 0 Å². The number of hydrogen-bond donors (Lipinski definition) is 6. The van der Waals surface area contributed by atoms with Gasteiger partial charge in [-0.25, -0.2) is 4.79 Å². The Balaban J connectivity index is 1.84. The number of aliphatic hydroxyl groups is 6. The molecule has 12 nitrogen and oxygen atoms in total. The zero-order chi connectivity index (χ0) is 21.3. The average molecular weight is 422 g/mol. The predicted molar refractivity (Wildman–Crippen MR) is 89.4 cm³/mol. The van der Waals surface area contributed by atoms with E-state index in [1.807, 2.05) is 0 Å². The van der Waals surface area contributed by atoms with Crippen molar-refractivity contribution in [3.8, 4) is 0 Å². The number of aliphatic hydroxyl groups excluding tert-OH is 6. The predicted octanol–water partition coefficient (Wildman–Crippen LogP) is -3.45. The molecule has 3 aliphatic heterocycles. The van der Waals surface area contributed by atoms with E-state index < -0.39 is 80.4 Å². The molecule has 0 spiro atoms. The Bertz CT molecular complexity index is 609. The number of rotatable bonds is 5. The molecule has 2 fully saturated rings. The van der Waals surface area contributed by atoms with Crippen LogP contribution < -0.4 is 0 Å². The molecule has 0 aromatic heterocycles. The highest BCUT2D eigenvalue weighted by molar-refractivity contribution is 5.88. The number of hydrogen-bond acceptors (Lipinski definition) is 12. The van der Waals surface area contributed by atoms with Crippen LogP contribution in [0, 0.1) is 11.8 Å². The van der Waals surface area contributed by atoms with Crippen molar-refractivity contribution in [2.75, 3.05) is 20.3 Å². The molecule has 2 saturated heterocycles. The van der Waals surface area contributed by atoms with Gasteiger partial charge in [-0.15, -0.1) is 0 Å². The molecule has 0 bridgehead atoms. The first-order chi connectivity index (χ1) is 13.8. The molecule has 10 atom stereocenters. The third-order valence-electron chi connectivity index (χ3n) is 5.44. The van der Waals surface area contributed by atoms with Gasteiger partial charge in [0.1, 0.15) is 24.4 Å². The van der Waals surface area contributed by atoms with Gasteiger partial charge in [0, 0.05) is 12.3 Å². The quantitative estimate of drug-likeness (QED) is 0.241. The molecular formula is C17H26O12. The van der Waals surface area contributed by atoms with E-state index in [2.05, 4.69) is 0 Å². The molecular weight excluding hydrogens is 396 g/mol. The Morgan fingerprint density at radius 3 is 2.34 bits per heavy atom. The van der Waals surface area contributed by atoms with Gasteiger partial charge in [0.05, 0.1) is 44.2 Å². The number of esters is 1. The van der Waals surface area contributed by atoms with Gasteiger partial charge >= 0.3 is 5.97 Å². The molecule has 0 aromatic carbocycles. The van der Waals surface area contributed by atoms with Crippen molar-refractivity contribution in [2.45, 2.75) is 55.8 Å². The normalized spacial score (nSPS) is 45.0. The van der Waals surface area contributed by atoms with Gasteiger partial charge in [-0.3, -0.25) is 0 Å². The maximum atomic E-state index is 12.1. The lowest BCUT2D eigenvalue weighted by molar-refractivity contribution is -0.354. The van der Waals surface area contributed by atoms with Crippen molar-refractivity contribution in [1.29, 1.82) is 0 Å².